The van der Waals surface area contributed by atoms with Crippen LogP contribution in [-0.4, -0.2) is 63.9 Å². The second kappa shape index (κ2) is 7.37. The van der Waals surface area contributed by atoms with E-state index in [0.29, 0.717) is 0 Å². The van der Waals surface area contributed by atoms with E-state index in [9.17, 15) is 24.6 Å². The highest BCUT2D eigenvalue weighted by molar-refractivity contribution is 5.88. The summed E-state index contributed by atoms with van der Waals surface area (Å²) in [7, 11) is 1.23. The van der Waals surface area contributed by atoms with Crippen LogP contribution in [0.1, 0.15) is 30.0 Å². The van der Waals surface area contributed by atoms with Gasteiger partial charge in [0.25, 0.3) is 0 Å². The van der Waals surface area contributed by atoms with Crippen LogP contribution in [0.3, 0.4) is 0 Å². The summed E-state index contributed by atoms with van der Waals surface area (Å²) in [6.45, 7) is 0.0380. The molecule has 0 unspecified atom stereocenters. The summed E-state index contributed by atoms with van der Waals surface area (Å²) in [6, 6.07) is 14.5. The largest absolute Gasteiger partial charge is 0.479 e. The SMILES string of the molecule is COC(=O)N(C1c2ccccc2-c2ccccc21)C1(C(=O)O)CCN(C(=O)O)CC1. The summed E-state index contributed by atoms with van der Waals surface area (Å²) < 4.78 is 5.05. The zero-order valence-corrected chi connectivity index (χ0v) is 16.4. The average molecular weight is 410 g/mol. The van der Waals surface area contributed by atoms with Crippen LogP contribution >= 0.6 is 0 Å². The quantitative estimate of drug-likeness (QED) is 0.803. The Kier molecular flexibility index (Phi) is 4.85. The van der Waals surface area contributed by atoms with Crippen molar-refractivity contribution in [1.29, 1.82) is 0 Å². The van der Waals surface area contributed by atoms with Crippen LogP contribution in [0.5, 0.6) is 0 Å². The lowest BCUT2D eigenvalue weighted by Crippen LogP contribution is -2.63. The van der Waals surface area contributed by atoms with Crippen molar-refractivity contribution in [2.24, 2.45) is 0 Å². The summed E-state index contributed by atoms with van der Waals surface area (Å²) in [4.78, 5) is 39.5. The van der Waals surface area contributed by atoms with Crippen molar-refractivity contribution in [2.75, 3.05) is 20.2 Å². The van der Waals surface area contributed by atoms with Gasteiger partial charge >= 0.3 is 18.2 Å². The number of hydrogen-bond donors (Lipinski definition) is 2. The van der Waals surface area contributed by atoms with E-state index < -0.39 is 29.7 Å². The summed E-state index contributed by atoms with van der Waals surface area (Å²) >= 11 is 0. The van der Waals surface area contributed by atoms with Gasteiger partial charge in [-0.15, -0.1) is 0 Å². The number of aliphatic carboxylic acids is 1. The van der Waals surface area contributed by atoms with Crippen molar-refractivity contribution in [3.05, 3.63) is 59.7 Å². The van der Waals surface area contributed by atoms with Gasteiger partial charge in [0.2, 0.25) is 0 Å². The standard InChI is InChI=1S/C22H22N2O6/c1-30-21(29)24(22(19(25)26)10-12-23(13-11-22)20(27)28)18-16-8-4-2-6-14(16)15-7-3-5-9-17(15)18/h2-9,18H,10-13H2,1H3,(H,25,26)(H,27,28). The van der Waals surface area contributed by atoms with Gasteiger partial charge in [0, 0.05) is 13.1 Å². The fourth-order valence-electron chi connectivity index (χ4n) is 4.66. The highest BCUT2D eigenvalue weighted by atomic mass is 16.5. The van der Waals surface area contributed by atoms with E-state index in [0.717, 1.165) is 22.3 Å². The highest BCUT2D eigenvalue weighted by Gasteiger charge is 2.54. The van der Waals surface area contributed by atoms with Gasteiger partial charge in [-0.2, -0.15) is 0 Å². The first-order valence-electron chi connectivity index (χ1n) is 9.67. The number of likely N-dealkylation sites (tertiary alicyclic amines) is 1. The highest BCUT2D eigenvalue weighted by Crippen LogP contribution is 2.50. The zero-order valence-electron chi connectivity index (χ0n) is 16.4. The Hall–Kier alpha value is -3.55. The van der Waals surface area contributed by atoms with Crippen LogP contribution in [-0.2, 0) is 9.53 Å². The third-order valence-corrected chi connectivity index (χ3v) is 6.15. The zero-order chi connectivity index (χ0) is 21.5. The Bertz CT molecular complexity index is 967. The molecule has 8 nitrogen and oxygen atoms in total. The van der Waals surface area contributed by atoms with Crippen LogP contribution in [0.25, 0.3) is 11.1 Å². The van der Waals surface area contributed by atoms with Gasteiger partial charge in [-0.3, -0.25) is 4.90 Å². The van der Waals surface area contributed by atoms with Crippen LogP contribution in [0.4, 0.5) is 9.59 Å². The number of benzene rings is 2. The average Bonchev–Trinajstić information content (AvgIpc) is 3.08. The second-order valence-electron chi connectivity index (χ2n) is 7.52. The number of carboxylic acids is 1. The number of rotatable bonds is 3. The maximum atomic E-state index is 13.1. The molecule has 0 atom stereocenters. The lowest BCUT2D eigenvalue weighted by molar-refractivity contribution is -0.155. The first-order valence-corrected chi connectivity index (χ1v) is 9.67. The summed E-state index contributed by atoms with van der Waals surface area (Å²) in [6.07, 6.45) is -1.90. The number of nitrogens with zero attached hydrogens (tertiary/aromatic N) is 2. The fourth-order valence-corrected chi connectivity index (χ4v) is 4.66. The molecule has 1 heterocycles. The molecule has 2 N–H and O–H groups in total. The van der Waals surface area contributed by atoms with Crippen LogP contribution in [0, 0.1) is 0 Å². The molecule has 2 aliphatic rings. The maximum absolute atomic E-state index is 13.1. The van der Waals surface area contributed by atoms with Crippen molar-refractivity contribution in [1.82, 2.24) is 9.80 Å². The molecule has 156 valence electrons. The molecule has 2 aromatic rings. The van der Waals surface area contributed by atoms with E-state index in [2.05, 4.69) is 0 Å². The normalized spacial score (nSPS) is 17.0. The number of methoxy groups -OCH3 is 1. The Morgan fingerprint density at radius 1 is 0.967 bits per heavy atom. The summed E-state index contributed by atoms with van der Waals surface area (Å²) in [5.41, 5.74) is 1.94. The molecule has 2 amide bonds. The number of carbonyl (C=O) groups excluding carboxylic acids is 1. The lowest BCUT2D eigenvalue weighted by Gasteiger charge is -2.47. The third kappa shape index (κ3) is 2.87. The first-order chi connectivity index (χ1) is 14.4. The van der Waals surface area contributed by atoms with Gasteiger partial charge in [0.15, 0.2) is 0 Å². The van der Waals surface area contributed by atoms with Crippen LogP contribution < -0.4 is 0 Å². The molecule has 0 saturated carbocycles. The molecule has 0 radical (unpaired) electrons. The molecular formula is C22H22N2O6. The van der Waals surface area contributed by atoms with Crippen molar-refractivity contribution in [2.45, 2.75) is 24.4 Å². The molecule has 0 bridgehead atoms. The number of amides is 2. The van der Waals surface area contributed by atoms with E-state index in [-0.39, 0.29) is 25.9 Å². The number of ether oxygens (including phenoxy) is 1. The smallest absolute Gasteiger partial charge is 0.411 e. The van der Waals surface area contributed by atoms with Crippen molar-refractivity contribution in [3.8, 4) is 11.1 Å². The number of piperidine rings is 1. The first kappa shape index (κ1) is 19.8. The molecular weight excluding hydrogens is 388 g/mol. The second-order valence-corrected chi connectivity index (χ2v) is 7.52. The third-order valence-electron chi connectivity index (χ3n) is 6.15. The molecule has 2 aromatic carbocycles. The number of carbonyl (C=O) groups is 3. The number of fused-ring (bicyclic) bond motifs is 3. The lowest BCUT2D eigenvalue weighted by atomic mass is 9.83. The minimum Gasteiger partial charge on any atom is -0.479 e. The van der Waals surface area contributed by atoms with Crippen molar-refractivity contribution >= 4 is 18.2 Å². The summed E-state index contributed by atoms with van der Waals surface area (Å²) in [5.74, 6) is -1.17. The van der Waals surface area contributed by atoms with Gasteiger partial charge in [0.05, 0.1) is 13.2 Å². The monoisotopic (exact) mass is 410 g/mol. The van der Waals surface area contributed by atoms with E-state index in [1.165, 1.54) is 16.9 Å². The molecule has 1 fully saturated rings. The Balaban J connectivity index is 1.87. The van der Waals surface area contributed by atoms with Crippen LogP contribution in [0.2, 0.25) is 0 Å². The Morgan fingerprint density at radius 2 is 1.47 bits per heavy atom. The minimum absolute atomic E-state index is 0.0190. The molecule has 8 heteroatoms. The Labute approximate surface area is 173 Å². The molecule has 1 saturated heterocycles. The van der Waals surface area contributed by atoms with Gasteiger partial charge in [0.1, 0.15) is 5.54 Å². The van der Waals surface area contributed by atoms with Crippen LogP contribution in [0.15, 0.2) is 48.5 Å². The number of hydrogen-bond acceptors (Lipinski definition) is 4. The van der Waals surface area contributed by atoms with E-state index in [4.69, 9.17) is 4.74 Å². The molecule has 0 spiro atoms. The van der Waals surface area contributed by atoms with Crippen molar-refractivity contribution < 1.29 is 29.3 Å². The maximum Gasteiger partial charge on any atom is 0.411 e. The predicted octanol–water partition coefficient (Wildman–Crippen LogP) is 3.42. The van der Waals surface area contributed by atoms with E-state index >= 15 is 0 Å². The minimum atomic E-state index is -1.59. The fraction of sp³-hybridized carbons (Fsp3) is 0.318. The van der Waals surface area contributed by atoms with E-state index in [1.807, 2.05) is 48.5 Å². The van der Waals surface area contributed by atoms with Crippen molar-refractivity contribution in [3.63, 3.8) is 0 Å². The van der Waals surface area contributed by atoms with Gasteiger partial charge < -0.3 is 19.8 Å². The van der Waals surface area contributed by atoms with Gasteiger partial charge in [-0.05, 0) is 35.1 Å². The summed E-state index contributed by atoms with van der Waals surface area (Å²) in [5, 5.41) is 19.6. The predicted molar refractivity (Wildman–Crippen MR) is 107 cm³/mol. The van der Waals surface area contributed by atoms with Gasteiger partial charge in [-0.25, -0.2) is 14.4 Å². The number of carboxylic acid groups (broad SMARTS) is 2. The molecule has 0 aromatic heterocycles. The molecule has 1 aliphatic heterocycles. The molecule has 30 heavy (non-hydrogen) atoms. The topological polar surface area (TPSA) is 107 Å². The van der Waals surface area contributed by atoms with Gasteiger partial charge in [-0.1, -0.05) is 48.5 Å². The molecule has 1 aliphatic carbocycles. The van der Waals surface area contributed by atoms with E-state index in [1.54, 1.807) is 0 Å². The molecule has 4 rings (SSSR count). The Morgan fingerprint density at radius 3 is 1.90 bits per heavy atom.